The van der Waals surface area contributed by atoms with E-state index in [4.69, 9.17) is 11.6 Å². The summed E-state index contributed by atoms with van der Waals surface area (Å²) >= 11 is 6.07. The van der Waals surface area contributed by atoms with Crippen LogP contribution in [-0.2, 0) is 10.2 Å². The Morgan fingerprint density at radius 1 is 1.44 bits per heavy atom. The third-order valence-corrected chi connectivity index (χ3v) is 3.09. The fraction of sp³-hybridized carbons (Fsp3) is 0.462. The van der Waals surface area contributed by atoms with Gasteiger partial charge in [-0.05, 0) is 30.9 Å². The van der Waals surface area contributed by atoms with Crippen molar-refractivity contribution >= 4 is 17.6 Å². The van der Waals surface area contributed by atoms with Crippen LogP contribution in [-0.4, -0.2) is 11.1 Å². The topological polar surface area (TPSA) is 37.3 Å². The Labute approximate surface area is 101 Å². The maximum atomic E-state index is 11.5. The molecule has 1 aromatic rings. The number of carboxylic acids is 1. The number of hydrogen-bond acceptors (Lipinski definition) is 1. The zero-order valence-corrected chi connectivity index (χ0v) is 10.6. The van der Waals surface area contributed by atoms with Crippen LogP contribution in [0.1, 0.15) is 32.8 Å². The molecule has 1 unspecified atom stereocenters. The van der Waals surface area contributed by atoms with E-state index in [1.807, 2.05) is 26.0 Å². The molecule has 0 aliphatic rings. The highest BCUT2D eigenvalue weighted by molar-refractivity contribution is 6.31. The summed E-state index contributed by atoms with van der Waals surface area (Å²) in [6, 6.07) is 7.16. The fourth-order valence-electron chi connectivity index (χ4n) is 2.04. The second-order valence-electron chi connectivity index (χ2n) is 4.72. The zero-order valence-electron chi connectivity index (χ0n) is 9.83. The van der Waals surface area contributed by atoms with E-state index in [0.717, 1.165) is 0 Å². The number of halogens is 1. The summed E-state index contributed by atoms with van der Waals surface area (Å²) in [5, 5.41) is 9.92. The largest absolute Gasteiger partial charge is 0.481 e. The van der Waals surface area contributed by atoms with Gasteiger partial charge in [0.15, 0.2) is 0 Å². The van der Waals surface area contributed by atoms with Crippen molar-refractivity contribution in [2.24, 2.45) is 5.92 Å². The Morgan fingerprint density at radius 2 is 2.00 bits per heavy atom. The number of benzene rings is 1. The van der Waals surface area contributed by atoms with Gasteiger partial charge in [-0.2, -0.15) is 0 Å². The molecule has 0 heterocycles. The number of aliphatic carboxylic acids is 1. The summed E-state index contributed by atoms with van der Waals surface area (Å²) in [5.41, 5.74) is -0.218. The summed E-state index contributed by atoms with van der Waals surface area (Å²) < 4.78 is 0. The minimum Gasteiger partial charge on any atom is -0.481 e. The highest BCUT2D eigenvalue weighted by Gasteiger charge is 2.37. The van der Waals surface area contributed by atoms with Gasteiger partial charge in [0.1, 0.15) is 0 Å². The van der Waals surface area contributed by atoms with Crippen LogP contribution in [0.15, 0.2) is 24.3 Å². The van der Waals surface area contributed by atoms with Crippen LogP contribution in [0.25, 0.3) is 0 Å². The minimum atomic E-state index is -0.910. The molecule has 0 saturated carbocycles. The monoisotopic (exact) mass is 240 g/mol. The SMILES string of the molecule is CC(C)CC(C)(C(=O)O)c1ccccc1Cl. The van der Waals surface area contributed by atoms with Crippen molar-refractivity contribution in [2.45, 2.75) is 32.6 Å². The van der Waals surface area contributed by atoms with Gasteiger partial charge in [0, 0.05) is 5.02 Å². The molecule has 0 aliphatic heterocycles. The van der Waals surface area contributed by atoms with E-state index >= 15 is 0 Å². The van der Waals surface area contributed by atoms with Crippen LogP contribution in [0.4, 0.5) is 0 Å². The second-order valence-corrected chi connectivity index (χ2v) is 5.12. The summed E-state index contributed by atoms with van der Waals surface area (Å²) in [5.74, 6) is -0.522. The molecule has 0 saturated heterocycles. The van der Waals surface area contributed by atoms with Crippen LogP contribution in [0.2, 0.25) is 5.02 Å². The van der Waals surface area contributed by atoms with Crippen molar-refractivity contribution in [1.82, 2.24) is 0 Å². The summed E-state index contributed by atoms with van der Waals surface area (Å²) in [6.45, 7) is 5.76. The predicted molar refractivity (Wildman–Crippen MR) is 65.9 cm³/mol. The molecule has 0 radical (unpaired) electrons. The molecular formula is C13H17ClO2. The van der Waals surface area contributed by atoms with Gasteiger partial charge in [0.2, 0.25) is 0 Å². The third kappa shape index (κ3) is 2.56. The van der Waals surface area contributed by atoms with Gasteiger partial charge in [-0.15, -0.1) is 0 Å². The van der Waals surface area contributed by atoms with Crippen molar-refractivity contribution < 1.29 is 9.90 Å². The van der Waals surface area contributed by atoms with E-state index in [9.17, 15) is 9.90 Å². The maximum Gasteiger partial charge on any atom is 0.313 e. The van der Waals surface area contributed by atoms with Crippen LogP contribution in [0.3, 0.4) is 0 Å². The number of hydrogen-bond donors (Lipinski definition) is 1. The molecular weight excluding hydrogens is 224 g/mol. The molecule has 0 bridgehead atoms. The van der Waals surface area contributed by atoms with Gasteiger partial charge in [0.25, 0.3) is 0 Å². The molecule has 1 rings (SSSR count). The number of carbonyl (C=O) groups is 1. The van der Waals surface area contributed by atoms with Gasteiger partial charge in [-0.1, -0.05) is 43.6 Å². The Bertz CT molecular complexity index is 387. The van der Waals surface area contributed by atoms with Crippen molar-refractivity contribution in [2.75, 3.05) is 0 Å². The average molecular weight is 241 g/mol. The summed E-state index contributed by atoms with van der Waals surface area (Å²) in [6.07, 6.45) is 0.575. The van der Waals surface area contributed by atoms with Crippen molar-refractivity contribution in [1.29, 1.82) is 0 Å². The van der Waals surface area contributed by atoms with Gasteiger partial charge in [-0.3, -0.25) is 4.79 Å². The van der Waals surface area contributed by atoms with E-state index in [1.165, 1.54) is 0 Å². The lowest BCUT2D eigenvalue weighted by Gasteiger charge is -2.28. The van der Waals surface area contributed by atoms with Gasteiger partial charge in [0.05, 0.1) is 5.41 Å². The number of carboxylic acid groups (broad SMARTS) is 1. The molecule has 0 aromatic heterocycles. The minimum absolute atomic E-state index is 0.303. The lowest BCUT2D eigenvalue weighted by atomic mass is 9.76. The molecule has 0 aliphatic carbocycles. The maximum absolute atomic E-state index is 11.5. The van der Waals surface area contributed by atoms with Crippen LogP contribution in [0, 0.1) is 5.92 Å². The Morgan fingerprint density at radius 3 is 2.44 bits per heavy atom. The first kappa shape index (κ1) is 13.0. The molecule has 88 valence electrons. The van der Waals surface area contributed by atoms with Gasteiger partial charge < -0.3 is 5.11 Å². The van der Waals surface area contributed by atoms with Crippen LogP contribution >= 0.6 is 11.6 Å². The molecule has 2 nitrogen and oxygen atoms in total. The van der Waals surface area contributed by atoms with E-state index in [0.29, 0.717) is 22.9 Å². The molecule has 1 N–H and O–H groups in total. The molecule has 0 fully saturated rings. The van der Waals surface area contributed by atoms with Crippen molar-refractivity contribution in [3.05, 3.63) is 34.9 Å². The van der Waals surface area contributed by atoms with Crippen LogP contribution < -0.4 is 0 Å². The van der Waals surface area contributed by atoms with Crippen LogP contribution in [0.5, 0.6) is 0 Å². The highest BCUT2D eigenvalue weighted by Crippen LogP contribution is 2.35. The number of rotatable bonds is 4. The Kier molecular flexibility index (Phi) is 3.98. The molecule has 0 spiro atoms. The fourth-order valence-corrected chi connectivity index (χ4v) is 2.38. The molecule has 3 heteroatoms. The predicted octanol–water partition coefficient (Wildman–Crippen LogP) is 3.73. The van der Waals surface area contributed by atoms with E-state index in [2.05, 4.69) is 0 Å². The summed E-state index contributed by atoms with van der Waals surface area (Å²) in [7, 11) is 0. The Balaban J connectivity index is 3.22. The molecule has 1 aromatic carbocycles. The van der Waals surface area contributed by atoms with Crippen molar-refractivity contribution in [3.8, 4) is 0 Å². The van der Waals surface area contributed by atoms with E-state index < -0.39 is 11.4 Å². The lowest BCUT2D eigenvalue weighted by molar-refractivity contribution is -0.143. The quantitative estimate of drug-likeness (QED) is 0.871. The first-order valence-electron chi connectivity index (χ1n) is 5.36. The highest BCUT2D eigenvalue weighted by atomic mass is 35.5. The van der Waals surface area contributed by atoms with Gasteiger partial charge in [-0.25, -0.2) is 0 Å². The van der Waals surface area contributed by atoms with Gasteiger partial charge >= 0.3 is 5.97 Å². The van der Waals surface area contributed by atoms with E-state index in [1.54, 1.807) is 19.1 Å². The molecule has 0 amide bonds. The second kappa shape index (κ2) is 4.88. The smallest absolute Gasteiger partial charge is 0.313 e. The Hall–Kier alpha value is -1.02. The lowest BCUT2D eigenvalue weighted by Crippen LogP contribution is -2.34. The average Bonchev–Trinajstić information content (AvgIpc) is 2.16. The normalized spacial score (nSPS) is 14.8. The van der Waals surface area contributed by atoms with Crippen molar-refractivity contribution in [3.63, 3.8) is 0 Å². The molecule has 16 heavy (non-hydrogen) atoms. The first-order chi connectivity index (χ1) is 7.38. The standard InChI is InChI=1S/C13H17ClO2/c1-9(2)8-13(3,12(15)16)10-6-4-5-7-11(10)14/h4-7,9H,8H2,1-3H3,(H,15,16). The van der Waals surface area contributed by atoms with E-state index in [-0.39, 0.29) is 0 Å². The summed E-state index contributed by atoms with van der Waals surface area (Å²) in [4.78, 5) is 11.5. The zero-order chi connectivity index (χ0) is 12.3. The molecule has 1 atom stereocenters. The first-order valence-corrected chi connectivity index (χ1v) is 5.74. The third-order valence-electron chi connectivity index (χ3n) is 2.76.